The Morgan fingerprint density at radius 1 is 1.16 bits per heavy atom. The molecule has 1 aliphatic heterocycles. The van der Waals surface area contributed by atoms with E-state index in [0.717, 1.165) is 50.7 Å². The molecule has 9 nitrogen and oxygen atoms in total. The fourth-order valence-electron chi connectivity index (χ4n) is 3.50. The number of nitrogens with zero attached hydrogens (tertiary/aromatic N) is 4. The zero-order chi connectivity index (χ0) is 23.3. The molecule has 1 heterocycles. The van der Waals surface area contributed by atoms with Crippen molar-refractivity contribution in [3.63, 3.8) is 0 Å². The van der Waals surface area contributed by atoms with Crippen molar-refractivity contribution in [2.75, 3.05) is 80.2 Å². The summed E-state index contributed by atoms with van der Waals surface area (Å²) in [5, 5.41) is 6.24. The molecule has 0 saturated carbocycles. The number of ether oxygens (including phenoxy) is 1. The smallest absolute Gasteiger partial charge is 0.253 e. The number of rotatable bonds is 10. The molecule has 1 aromatic carbocycles. The molecule has 1 fully saturated rings. The molecule has 0 aliphatic carbocycles. The molecule has 0 radical (unpaired) electrons. The summed E-state index contributed by atoms with van der Waals surface area (Å²) < 4.78 is 4.96. The Morgan fingerprint density at radius 3 is 2.56 bits per heavy atom. The molecule has 9 heteroatoms. The van der Waals surface area contributed by atoms with Crippen LogP contribution in [0, 0.1) is 0 Å². The number of carbonyl (C=O) groups excluding carboxylic acids is 2. The van der Waals surface area contributed by atoms with Crippen LogP contribution in [0.1, 0.15) is 22.8 Å². The van der Waals surface area contributed by atoms with E-state index >= 15 is 0 Å². The van der Waals surface area contributed by atoms with Crippen LogP contribution >= 0.6 is 0 Å². The number of hydrogen-bond donors (Lipinski definition) is 2. The summed E-state index contributed by atoms with van der Waals surface area (Å²) in [6.45, 7) is 8.26. The summed E-state index contributed by atoms with van der Waals surface area (Å²) in [7, 11) is 5.14. The Balaban J connectivity index is 1.85. The summed E-state index contributed by atoms with van der Waals surface area (Å²) in [4.78, 5) is 35.0. The lowest BCUT2D eigenvalue weighted by Crippen LogP contribution is -2.54. The number of methoxy groups -OCH3 is 1. The van der Waals surface area contributed by atoms with Gasteiger partial charge in [-0.1, -0.05) is 12.1 Å². The van der Waals surface area contributed by atoms with E-state index in [1.807, 2.05) is 24.3 Å². The van der Waals surface area contributed by atoms with Gasteiger partial charge in [0.2, 0.25) is 5.91 Å². The van der Waals surface area contributed by atoms with Crippen molar-refractivity contribution in [2.24, 2.45) is 4.99 Å². The highest BCUT2D eigenvalue weighted by atomic mass is 16.5. The minimum atomic E-state index is 0.00828. The molecule has 0 unspecified atom stereocenters. The number of amides is 2. The first-order valence-corrected chi connectivity index (χ1v) is 11.3. The lowest BCUT2D eigenvalue weighted by Gasteiger charge is -2.36. The fourth-order valence-corrected chi connectivity index (χ4v) is 3.50. The number of nitrogens with one attached hydrogen (secondary N) is 2. The van der Waals surface area contributed by atoms with Crippen LogP contribution in [0.4, 0.5) is 0 Å². The molecule has 178 valence electrons. The highest BCUT2D eigenvalue weighted by molar-refractivity contribution is 5.94. The molecule has 2 amide bonds. The summed E-state index contributed by atoms with van der Waals surface area (Å²) in [5.74, 6) is 0.942. The molecule has 2 N–H and O–H groups in total. The lowest BCUT2D eigenvalue weighted by atomic mass is 10.1. The van der Waals surface area contributed by atoms with Crippen molar-refractivity contribution in [3.05, 3.63) is 35.4 Å². The van der Waals surface area contributed by atoms with E-state index in [9.17, 15) is 9.59 Å². The van der Waals surface area contributed by atoms with Crippen LogP contribution in [0.5, 0.6) is 0 Å². The molecule has 2 rings (SSSR count). The largest absolute Gasteiger partial charge is 0.383 e. The van der Waals surface area contributed by atoms with Crippen LogP contribution in [0.2, 0.25) is 0 Å². The first kappa shape index (κ1) is 25.6. The predicted octanol–water partition coefficient (Wildman–Crippen LogP) is 0.277. The molecule has 1 aromatic rings. The van der Waals surface area contributed by atoms with Crippen molar-refractivity contribution in [1.29, 1.82) is 0 Å². The van der Waals surface area contributed by atoms with Crippen LogP contribution < -0.4 is 10.6 Å². The van der Waals surface area contributed by atoms with Gasteiger partial charge in [0.25, 0.3) is 5.91 Å². The lowest BCUT2D eigenvalue weighted by molar-refractivity contribution is -0.122. The van der Waals surface area contributed by atoms with Crippen molar-refractivity contribution in [3.8, 4) is 0 Å². The maximum Gasteiger partial charge on any atom is 0.253 e. The molecule has 0 bridgehead atoms. The molecular weight excluding hydrogens is 408 g/mol. The van der Waals surface area contributed by atoms with Crippen molar-refractivity contribution >= 4 is 17.8 Å². The molecule has 0 aromatic heterocycles. The summed E-state index contributed by atoms with van der Waals surface area (Å²) in [5.41, 5.74) is 1.80. The Bertz CT molecular complexity index is 760. The number of guanidine groups is 1. The van der Waals surface area contributed by atoms with Gasteiger partial charge in [-0.05, 0) is 31.0 Å². The second kappa shape index (κ2) is 13.7. The van der Waals surface area contributed by atoms with Gasteiger partial charge in [0.05, 0.1) is 13.2 Å². The van der Waals surface area contributed by atoms with E-state index in [0.29, 0.717) is 31.8 Å². The average Bonchev–Trinajstić information content (AvgIpc) is 2.79. The van der Waals surface area contributed by atoms with Gasteiger partial charge in [-0.15, -0.1) is 0 Å². The van der Waals surface area contributed by atoms with Crippen molar-refractivity contribution < 1.29 is 14.3 Å². The number of aliphatic imine (C=N–C) groups is 1. The van der Waals surface area contributed by atoms with E-state index in [2.05, 4.69) is 27.4 Å². The standard InChI is InChI=1S/C23H38N6O3/c1-5-24-23(26-10-9-19-7-6-8-20(17-19)22(31)27(2)3)29-14-12-28(13-15-29)18-21(30)25-11-16-32-4/h6-8,17H,5,9-16,18H2,1-4H3,(H,24,26)(H,25,30). The fraction of sp³-hybridized carbons (Fsp3) is 0.609. The minimum absolute atomic E-state index is 0.00828. The number of hydrogen-bond acceptors (Lipinski definition) is 5. The Labute approximate surface area is 191 Å². The molecular formula is C23H38N6O3. The van der Waals surface area contributed by atoms with Gasteiger partial charge in [0.1, 0.15) is 0 Å². The van der Waals surface area contributed by atoms with Crippen molar-refractivity contribution in [1.82, 2.24) is 25.3 Å². The third-order valence-corrected chi connectivity index (χ3v) is 5.24. The first-order chi connectivity index (χ1) is 15.4. The first-order valence-electron chi connectivity index (χ1n) is 11.3. The van der Waals surface area contributed by atoms with E-state index in [-0.39, 0.29) is 11.8 Å². The van der Waals surface area contributed by atoms with Gasteiger partial charge in [-0.2, -0.15) is 0 Å². The molecule has 32 heavy (non-hydrogen) atoms. The van der Waals surface area contributed by atoms with Crippen LogP contribution in [0.25, 0.3) is 0 Å². The van der Waals surface area contributed by atoms with Crippen molar-refractivity contribution in [2.45, 2.75) is 13.3 Å². The SMILES string of the molecule is CCNC(=NCCc1cccc(C(=O)N(C)C)c1)N1CCN(CC(=O)NCCOC)CC1. The monoisotopic (exact) mass is 446 g/mol. The van der Waals surface area contributed by atoms with Gasteiger partial charge in [-0.3, -0.25) is 19.5 Å². The summed E-state index contributed by atoms with van der Waals surface area (Å²) in [6, 6.07) is 7.74. The van der Waals surface area contributed by atoms with Crippen LogP contribution in [-0.2, 0) is 16.0 Å². The average molecular weight is 447 g/mol. The molecule has 1 saturated heterocycles. The Kier molecular flexibility index (Phi) is 11.0. The molecule has 0 spiro atoms. The van der Waals surface area contributed by atoms with E-state index < -0.39 is 0 Å². The predicted molar refractivity (Wildman–Crippen MR) is 127 cm³/mol. The van der Waals surface area contributed by atoms with Gasteiger partial charge >= 0.3 is 0 Å². The van der Waals surface area contributed by atoms with E-state index in [4.69, 9.17) is 9.73 Å². The topological polar surface area (TPSA) is 89.5 Å². The number of benzene rings is 1. The molecule has 0 atom stereocenters. The van der Waals surface area contributed by atoms with Gasteiger partial charge in [0, 0.05) is 72.6 Å². The number of carbonyl (C=O) groups is 2. The maximum atomic E-state index is 12.2. The Morgan fingerprint density at radius 2 is 1.91 bits per heavy atom. The van der Waals surface area contributed by atoms with Crippen LogP contribution in [0.3, 0.4) is 0 Å². The zero-order valence-electron chi connectivity index (χ0n) is 19.9. The summed E-state index contributed by atoms with van der Waals surface area (Å²) in [6.07, 6.45) is 0.769. The number of piperazine rings is 1. The quantitative estimate of drug-likeness (QED) is 0.305. The molecule has 1 aliphatic rings. The van der Waals surface area contributed by atoms with E-state index in [1.165, 1.54) is 0 Å². The third kappa shape index (κ3) is 8.47. The zero-order valence-corrected chi connectivity index (χ0v) is 19.9. The van der Waals surface area contributed by atoms with Crippen LogP contribution in [-0.4, -0.2) is 113 Å². The van der Waals surface area contributed by atoms with Gasteiger partial charge in [0.15, 0.2) is 5.96 Å². The second-order valence-electron chi connectivity index (χ2n) is 7.99. The third-order valence-electron chi connectivity index (χ3n) is 5.24. The van der Waals surface area contributed by atoms with Gasteiger partial charge in [-0.25, -0.2) is 0 Å². The highest BCUT2D eigenvalue weighted by Crippen LogP contribution is 2.09. The second-order valence-corrected chi connectivity index (χ2v) is 7.99. The maximum absolute atomic E-state index is 12.2. The summed E-state index contributed by atoms with van der Waals surface area (Å²) >= 11 is 0. The van der Waals surface area contributed by atoms with Gasteiger partial charge < -0.3 is 25.2 Å². The normalized spacial score (nSPS) is 14.9. The minimum Gasteiger partial charge on any atom is -0.383 e. The highest BCUT2D eigenvalue weighted by Gasteiger charge is 2.21. The Hall–Kier alpha value is -2.65. The van der Waals surface area contributed by atoms with Crippen LogP contribution in [0.15, 0.2) is 29.3 Å². The van der Waals surface area contributed by atoms with E-state index in [1.54, 1.807) is 26.1 Å².